The lowest BCUT2D eigenvalue weighted by Crippen LogP contribution is -2.28. The summed E-state index contributed by atoms with van der Waals surface area (Å²) in [5.74, 6) is 0.897. The van der Waals surface area contributed by atoms with Crippen molar-refractivity contribution in [2.45, 2.75) is 58.9 Å². The normalized spacial score (nSPS) is 16.9. The van der Waals surface area contributed by atoms with Gasteiger partial charge in [0.2, 0.25) is 0 Å². The summed E-state index contributed by atoms with van der Waals surface area (Å²) in [6.07, 6.45) is 2.18. The first-order valence-corrected chi connectivity index (χ1v) is 7.65. The van der Waals surface area contributed by atoms with Crippen molar-refractivity contribution in [2.24, 2.45) is 0 Å². The summed E-state index contributed by atoms with van der Waals surface area (Å²) in [7, 11) is 0.670. The molecule has 0 N–H and O–H groups in total. The fourth-order valence-electron chi connectivity index (χ4n) is 1.34. The van der Waals surface area contributed by atoms with Crippen LogP contribution in [0.4, 0.5) is 0 Å². The molecule has 0 bridgehead atoms. The van der Waals surface area contributed by atoms with Crippen LogP contribution in [0.5, 0.6) is 0 Å². The molecule has 17 heavy (non-hydrogen) atoms. The summed E-state index contributed by atoms with van der Waals surface area (Å²) >= 11 is 4.14. The van der Waals surface area contributed by atoms with Gasteiger partial charge in [-0.05, 0) is 38.9 Å². The Morgan fingerprint density at radius 1 is 1.12 bits per heavy atom. The van der Waals surface area contributed by atoms with Gasteiger partial charge in [-0.3, -0.25) is 0 Å². The third-order valence-electron chi connectivity index (χ3n) is 2.23. The largest absolute Gasteiger partial charge is 0.404 e. The number of unbranched alkanes of at least 4 members (excludes halogenated alkanes) is 1. The zero-order chi connectivity index (χ0) is 13.1. The van der Waals surface area contributed by atoms with E-state index in [2.05, 4.69) is 12.6 Å². The van der Waals surface area contributed by atoms with Crippen molar-refractivity contribution in [3.8, 4) is 0 Å². The quantitative estimate of drug-likeness (QED) is 0.269. The first kappa shape index (κ1) is 17.4. The summed E-state index contributed by atoms with van der Waals surface area (Å²) in [5.41, 5.74) is 0. The van der Waals surface area contributed by atoms with Gasteiger partial charge in [0.15, 0.2) is 12.6 Å². The molecule has 6 heteroatoms. The zero-order valence-corrected chi connectivity index (χ0v) is 14.2. The molecular weight excluding hydrogens is 256 g/mol. The summed E-state index contributed by atoms with van der Waals surface area (Å²) in [5, 5.41) is 0. The molecule has 0 aromatic carbocycles. The number of ether oxygens (including phenoxy) is 3. The highest BCUT2D eigenvalue weighted by Crippen LogP contribution is 2.08. The van der Waals surface area contributed by atoms with Crippen molar-refractivity contribution in [1.82, 2.24) is 0 Å². The lowest BCUT2D eigenvalue weighted by atomic mass is 10.4. The third kappa shape index (κ3) is 10.1. The minimum absolute atomic E-state index is 0.159. The summed E-state index contributed by atoms with van der Waals surface area (Å²) in [4.78, 5) is 0. The van der Waals surface area contributed by atoms with E-state index in [1.807, 2.05) is 20.8 Å². The molecule has 4 nitrogen and oxygen atoms in total. The Kier molecular flexibility index (Phi) is 11.8. The maximum Gasteiger partial charge on any atom is 0.161 e. The van der Waals surface area contributed by atoms with Gasteiger partial charge in [-0.25, -0.2) is 0 Å². The molecule has 104 valence electrons. The topological polar surface area (TPSA) is 36.9 Å². The Bertz CT molecular complexity index is 170. The number of thiol groups is 1. The van der Waals surface area contributed by atoms with Crippen LogP contribution < -0.4 is 0 Å². The van der Waals surface area contributed by atoms with Crippen LogP contribution in [-0.2, 0) is 18.6 Å². The Balaban J connectivity index is 3.60. The van der Waals surface area contributed by atoms with E-state index >= 15 is 0 Å². The average Bonchev–Trinajstić information content (AvgIpc) is 2.31. The number of hydrogen-bond donors (Lipinski definition) is 1. The lowest BCUT2D eigenvalue weighted by molar-refractivity contribution is -0.269. The van der Waals surface area contributed by atoms with Crippen LogP contribution in [-0.4, -0.2) is 41.7 Å². The van der Waals surface area contributed by atoms with Gasteiger partial charge < -0.3 is 18.6 Å². The summed E-state index contributed by atoms with van der Waals surface area (Å²) in [6, 6.07) is 0. The molecule has 3 atom stereocenters. The SMILES string of the molecule is CCC(O[SiH3])OC(C)OC(C)OCCCCS. The van der Waals surface area contributed by atoms with Gasteiger partial charge in [0.25, 0.3) is 0 Å². The molecular formula is C11H26O4SSi. The zero-order valence-electron chi connectivity index (χ0n) is 11.3. The van der Waals surface area contributed by atoms with E-state index in [1.54, 1.807) is 0 Å². The molecule has 0 aliphatic carbocycles. The van der Waals surface area contributed by atoms with Crippen molar-refractivity contribution in [3.05, 3.63) is 0 Å². The predicted molar refractivity (Wildman–Crippen MR) is 75.2 cm³/mol. The summed E-state index contributed by atoms with van der Waals surface area (Å²) < 4.78 is 21.8. The van der Waals surface area contributed by atoms with E-state index in [0.29, 0.717) is 17.1 Å². The molecule has 0 rings (SSSR count). The van der Waals surface area contributed by atoms with E-state index in [4.69, 9.17) is 18.6 Å². The van der Waals surface area contributed by atoms with Crippen molar-refractivity contribution in [2.75, 3.05) is 12.4 Å². The van der Waals surface area contributed by atoms with Crippen molar-refractivity contribution in [1.29, 1.82) is 0 Å². The molecule has 0 aliphatic heterocycles. The molecule has 0 heterocycles. The average molecular weight is 282 g/mol. The van der Waals surface area contributed by atoms with Gasteiger partial charge in [-0.2, -0.15) is 12.6 Å². The van der Waals surface area contributed by atoms with E-state index < -0.39 is 0 Å². The van der Waals surface area contributed by atoms with Crippen molar-refractivity contribution >= 4 is 23.1 Å². The fraction of sp³-hybridized carbons (Fsp3) is 1.00. The molecule has 0 saturated heterocycles. The standard InChI is InChI=1S/C11H26O4SSi/c1-4-11(15-17)14-10(3)13-9(2)12-7-5-6-8-16/h9-11,16H,4-8H2,1-3,17H3. The van der Waals surface area contributed by atoms with Crippen LogP contribution in [0.2, 0.25) is 0 Å². The Morgan fingerprint density at radius 2 is 1.82 bits per heavy atom. The second-order valence-corrected chi connectivity index (χ2v) is 4.70. The Morgan fingerprint density at radius 3 is 2.35 bits per heavy atom. The maximum absolute atomic E-state index is 5.54. The monoisotopic (exact) mass is 282 g/mol. The first-order chi connectivity index (χ1) is 8.13. The van der Waals surface area contributed by atoms with Crippen LogP contribution in [0.25, 0.3) is 0 Å². The highest BCUT2D eigenvalue weighted by atomic mass is 32.1. The van der Waals surface area contributed by atoms with Gasteiger partial charge in [-0.1, -0.05) is 6.92 Å². The van der Waals surface area contributed by atoms with Gasteiger partial charge in [0, 0.05) is 6.61 Å². The predicted octanol–water partition coefficient (Wildman–Crippen LogP) is 1.47. The van der Waals surface area contributed by atoms with Crippen LogP contribution in [0.3, 0.4) is 0 Å². The highest BCUT2D eigenvalue weighted by molar-refractivity contribution is 7.80. The molecule has 0 spiro atoms. The Labute approximate surface area is 113 Å². The van der Waals surface area contributed by atoms with E-state index in [0.717, 1.165) is 25.0 Å². The molecule has 0 fully saturated rings. The molecule has 0 amide bonds. The van der Waals surface area contributed by atoms with E-state index in [9.17, 15) is 0 Å². The molecule has 3 unspecified atom stereocenters. The molecule has 0 aromatic rings. The lowest BCUT2D eigenvalue weighted by Gasteiger charge is -2.23. The molecule has 0 radical (unpaired) electrons. The number of hydrogen-bond acceptors (Lipinski definition) is 5. The Hall–Kier alpha value is 0.407. The smallest absolute Gasteiger partial charge is 0.161 e. The minimum Gasteiger partial charge on any atom is -0.404 e. The number of rotatable bonds is 11. The van der Waals surface area contributed by atoms with Crippen LogP contribution in [0.1, 0.15) is 40.0 Å². The van der Waals surface area contributed by atoms with Crippen molar-refractivity contribution < 1.29 is 18.6 Å². The second-order valence-electron chi connectivity index (χ2n) is 3.78. The molecule has 0 aliphatic rings. The van der Waals surface area contributed by atoms with Crippen LogP contribution in [0, 0.1) is 0 Å². The van der Waals surface area contributed by atoms with Crippen LogP contribution >= 0.6 is 12.6 Å². The highest BCUT2D eigenvalue weighted by Gasteiger charge is 2.13. The van der Waals surface area contributed by atoms with Gasteiger partial charge in [0.05, 0.1) is 0 Å². The van der Waals surface area contributed by atoms with E-state index in [1.165, 1.54) is 0 Å². The van der Waals surface area contributed by atoms with Gasteiger partial charge in [0.1, 0.15) is 16.8 Å². The summed E-state index contributed by atoms with van der Waals surface area (Å²) in [6.45, 7) is 6.45. The second kappa shape index (κ2) is 11.5. The fourth-order valence-corrected chi connectivity index (χ4v) is 2.00. The van der Waals surface area contributed by atoms with E-state index in [-0.39, 0.29) is 18.9 Å². The maximum atomic E-state index is 5.54. The minimum atomic E-state index is -0.311. The third-order valence-corrected chi connectivity index (χ3v) is 3.07. The van der Waals surface area contributed by atoms with Crippen molar-refractivity contribution in [3.63, 3.8) is 0 Å². The van der Waals surface area contributed by atoms with Gasteiger partial charge >= 0.3 is 0 Å². The molecule has 0 aromatic heterocycles. The van der Waals surface area contributed by atoms with Gasteiger partial charge in [-0.15, -0.1) is 0 Å². The first-order valence-electron chi connectivity index (χ1n) is 6.20. The molecule has 0 saturated carbocycles. The van der Waals surface area contributed by atoms with Crippen LogP contribution in [0.15, 0.2) is 0 Å².